The smallest absolute Gasteiger partial charge is 0.231 e. The molecule has 2 N–H and O–H groups in total. The Balaban J connectivity index is 1.12. The van der Waals surface area contributed by atoms with E-state index < -0.39 is 0 Å². The number of anilines is 1. The van der Waals surface area contributed by atoms with Crippen molar-refractivity contribution in [3.05, 3.63) is 42.2 Å². The molecule has 0 bridgehead atoms. The molecular formula is C21H29N7O2. The zero-order valence-corrected chi connectivity index (χ0v) is 17.4. The van der Waals surface area contributed by atoms with Crippen LogP contribution in [0.4, 0.5) is 5.95 Å². The van der Waals surface area contributed by atoms with Gasteiger partial charge in [-0.2, -0.15) is 0 Å². The molecule has 4 rings (SSSR count). The summed E-state index contributed by atoms with van der Waals surface area (Å²) in [6.45, 7) is 6.86. The van der Waals surface area contributed by atoms with Gasteiger partial charge in [0.1, 0.15) is 0 Å². The third-order valence-electron chi connectivity index (χ3n) is 5.29. The number of rotatable bonds is 7. The first kappa shape index (κ1) is 20.2. The van der Waals surface area contributed by atoms with Crippen molar-refractivity contribution >= 4 is 11.9 Å². The van der Waals surface area contributed by atoms with Crippen LogP contribution in [0.25, 0.3) is 0 Å². The van der Waals surface area contributed by atoms with Crippen LogP contribution in [0.15, 0.2) is 41.7 Å². The third-order valence-corrected chi connectivity index (χ3v) is 5.29. The number of nitrogens with zero attached hydrogens (tertiary/aromatic N) is 5. The van der Waals surface area contributed by atoms with E-state index in [-0.39, 0.29) is 0 Å². The summed E-state index contributed by atoms with van der Waals surface area (Å²) >= 11 is 0. The second-order valence-corrected chi connectivity index (χ2v) is 7.24. The van der Waals surface area contributed by atoms with Crippen LogP contribution >= 0.6 is 0 Å². The van der Waals surface area contributed by atoms with Crippen LogP contribution in [0.5, 0.6) is 11.5 Å². The number of hydrogen-bond donors (Lipinski definition) is 2. The lowest BCUT2D eigenvalue weighted by molar-refractivity contribution is 0.174. The topological polar surface area (TPSA) is 87.1 Å². The predicted octanol–water partition coefficient (Wildman–Crippen LogP) is 0.735. The van der Waals surface area contributed by atoms with Gasteiger partial charge in [-0.05, 0) is 30.2 Å². The lowest BCUT2D eigenvalue weighted by Crippen LogP contribution is -2.49. The lowest BCUT2D eigenvalue weighted by atomic mass is 10.1. The van der Waals surface area contributed by atoms with Gasteiger partial charge in [0, 0.05) is 65.3 Å². The Kier molecular flexibility index (Phi) is 6.81. The minimum Gasteiger partial charge on any atom is -0.454 e. The third kappa shape index (κ3) is 5.29. The molecule has 1 aromatic heterocycles. The summed E-state index contributed by atoms with van der Waals surface area (Å²) in [7, 11) is 1.80. The van der Waals surface area contributed by atoms with Crippen molar-refractivity contribution in [2.75, 3.05) is 64.6 Å². The van der Waals surface area contributed by atoms with Gasteiger partial charge in [0.15, 0.2) is 17.5 Å². The number of piperazine rings is 1. The zero-order chi connectivity index (χ0) is 20.6. The molecule has 9 heteroatoms. The summed E-state index contributed by atoms with van der Waals surface area (Å²) in [5.74, 6) is 3.30. The molecule has 0 unspecified atom stereocenters. The summed E-state index contributed by atoms with van der Waals surface area (Å²) < 4.78 is 10.8. The van der Waals surface area contributed by atoms with Crippen LogP contribution < -0.4 is 25.0 Å². The second-order valence-electron chi connectivity index (χ2n) is 7.24. The van der Waals surface area contributed by atoms with Crippen molar-refractivity contribution in [2.24, 2.45) is 4.99 Å². The van der Waals surface area contributed by atoms with Gasteiger partial charge in [-0.1, -0.05) is 6.07 Å². The number of hydrogen-bond acceptors (Lipinski definition) is 7. The number of guanidine groups is 1. The number of fused-ring (bicyclic) bond motifs is 1. The maximum atomic E-state index is 5.44. The quantitative estimate of drug-likeness (QED) is 0.510. The SMILES string of the molecule is CN=C(NCCc1ccc2c(c1)OCO2)NCCN1CCN(c2ncccn2)CC1. The van der Waals surface area contributed by atoms with Gasteiger partial charge in [0.25, 0.3) is 0 Å². The molecule has 0 atom stereocenters. The summed E-state index contributed by atoms with van der Waals surface area (Å²) in [4.78, 5) is 17.7. The monoisotopic (exact) mass is 411 g/mol. The van der Waals surface area contributed by atoms with E-state index in [1.807, 2.05) is 18.2 Å². The maximum absolute atomic E-state index is 5.44. The second kappa shape index (κ2) is 10.1. The van der Waals surface area contributed by atoms with E-state index >= 15 is 0 Å². The minimum atomic E-state index is 0.308. The van der Waals surface area contributed by atoms with Gasteiger partial charge in [0.2, 0.25) is 12.7 Å². The predicted molar refractivity (Wildman–Crippen MR) is 116 cm³/mol. The number of aliphatic imine (C=N–C) groups is 1. The van der Waals surface area contributed by atoms with Gasteiger partial charge in [-0.15, -0.1) is 0 Å². The number of benzene rings is 1. The minimum absolute atomic E-state index is 0.308. The molecule has 2 aliphatic rings. The highest BCUT2D eigenvalue weighted by Gasteiger charge is 2.18. The first-order valence-corrected chi connectivity index (χ1v) is 10.4. The summed E-state index contributed by atoms with van der Waals surface area (Å²) in [5.41, 5.74) is 1.21. The van der Waals surface area contributed by atoms with E-state index in [0.717, 1.165) is 75.6 Å². The van der Waals surface area contributed by atoms with E-state index in [2.05, 4.69) is 41.5 Å². The summed E-state index contributed by atoms with van der Waals surface area (Å²) in [6, 6.07) is 7.93. The molecule has 0 amide bonds. The molecule has 0 radical (unpaired) electrons. The highest BCUT2D eigenvalue weighted by Crippen LogP contribution is 2.32. The molecular weight excluding hydrogens is 382 g/mol. The van der Waals surface area contributed by atoms with Crippen LogP contribution in [-0.2, 0) is 6.42 Å². The largest absolute Gasteiger partial charge is 0.454 e. The standard InChI is InChI=1S/C21H29N7O2/c1-22-20(23-8-5-17-3-4-18-19(15-17)30-16-29-18)24-9-10-27-11-13-28(14-12-27)21-25-6-2-7-26-21/h2-4,6-7,15H,5,8-14,16H2,1H3,(H2,22,23,24). The Morgan fingerprint density at radius 2 is 1.80 bits per heavy atom. The van der Waals surface area contributed by atoms with Gasteiger partial charge in [-0.3, -0.25) is 9.89 Å². The van der Waals surface area contributed by atoms with Crippen LogP contribution in [-0.4, -0.2) is 80.5 Å². The van der Waals surface area contributed by atoms with E-state index in [0.29, 0.717) is 6.79 Å². The Morgan fingerprint density at radius 3 is 2.60 bits per heavy atom. The Hall–Kier alpha value is -3.07. The van der Waals surface area contributed by atoms with Crippen molar-refractivity contribution in [1.82, 2.24) is 25.5 Å². The van der Waals surface area contributed by atoms with Crippen molar-refractivity contribution in [3.63, 3.8) is 0 Å². The molecule has 0 aliphatic carbocycles. The van der Waals surface area contributed by atoms with Gasteiger partial charge >= 0.3 is 0 Å². The molecule has 1 saturated heterocycles. The number of ether oxygens (including phenoxy) is 2. The Bertz CT molecular complexity index is 839. The average Bonchev–Trinajstić information content (AvgIpc) is 3.27. The van der Waals surface area contributed by atoms with E-state index in [9.17, 15) is 0 Å². The molecule has 2 aromatic rings. The van der Waals surface area contributed by atoms with Crippen molar-refractivity contribution in [2.45, 2.75) is 6.42 Å². The Morgan fingerprint density at radius 1 is 1.03 bits per heavy atom. The van der Waals surface area contributed by atoms with Crippen molar-refractivity contribution in [1.29, 1.82) is 0 Å². The van der Waals surface area contributed by atoms with Gasteiger partial charge in [-0.25, -0.2) is 9.97 Å². The maximum Gasteiger partial charge on any atom is 0.231 e. The number of aromatic nitrogens is 2. The molecule has 3 heterocycles. The highest BCUT2D eigenvalue weighted by atomic mass is 16.7. The van der Waals surface area contributed by atoms with E-state index in [1.54, 1.807) is 19.4 Å². The van der Waals surface area contributed by atoms with Crippen molar-refractivity contribution < 1.29 is 9.47 Å². The van der Waals surface area contributed by atoms with Crippen LogP contribution in [0, 0.1) is 0 Å². The van der Waals surface area contributed by atoms with Gasteiger partial charge < -0.3 is 25.0 Å². The fourth-order valence-electron chi connectivity index (χ4n) is 3.60. The fraction of sp³-hybridized carbons (Fsp3) is 0.476. The zero-order valence-electron chi connectivity index (χ0n) is 17.4. The van der Waals surface area contributed by atoms with Gasteiger partial charge in [0.05, 0.1) is 0 Å². The molecule has 0 spiro atoms. The molecule has 2 aliphatic heterocycles. The van der Waals surface area contributed by atoms with E-state index in [4.69, 9.17) is 9.47 Å². The Labute approximate surface area is 177 Å². The molecule has 1 fully saturated rings. The summed E-state index contributed by atoms with van der Waals surface area (Å²) in [5, 5.41) is 6.78. The molecule has 9 nitrogen and oxygen atoms in total. The van der Waals surface area contributed by atoms with Crippen molar-refractivity contribution in [3.8, 4) is 11.5 Å². The first-order chi connectivity index (χ1) is 14.8. The highest BCUT2D eigenvalue weighted by molar-refractivity contribution is 5.79. The molecule has 1 aromatic carbocycles. The summed E-state index contributed by atoms with van der Waals surface area (Å²) in [6.07, 6.45) is 4.48. The molecule has 30 heavy (non-hydrogen) atoms. The average molecular weight is 412 g/mol. The molecule has 0 saturated carbocycles. The first-order valence-electron chi connectivity index (χ1n) is 10.4. The normalized spacial score (nSPS) is 16.6. The van der Waals surface area contributed by atoms with Crippen LogP contribution in [0.2, 0.25) is 0 Å². The van der Waals surface area contributed by atoms with E-state index in [1.165, 1.54) is 5.56 Å². The van der Waals surface area contributed by atoms with Crippen LogP contribution in [0.3, 0.4) is 0 Å². The fourth-order valence-corrected chi connectivity index (χ4v) is 3.60. The molecule has 160 valence electrons. The van der Waals surface area contributed by atoms with Crippen LogP contribution in [0.1, 0.15) is 5.56 Å². The number of nitrogens with one attached hydrogen (secondary N) is 2. The lowest BCUT2D eigenvalue weighted by Gasteiger charge is -2.34.